The molecule has 3 rings (SSSR count). The summed E-state index contributed by atoms with van der Waals surface area (Å²) in [6.07, 6.45) is 0.649. The Morgan fingerprint density at radius 1 is 1.27 bits per heavy atom. The van der Waals surface area contributed by atoms with E-state index in [-0.39, 0.29) is 36.4 Å². The minimum atomic E-state index is -0.495. The molecule has 1 aromatic carbocycles. The monoisotopic (exact) mass is 431 g/mol. The number of pyridine rings is 1. The van der Waals surface area contributed by atoms with E-state index in [4.69, 9.17) is 22.1 Å². The van der Waals surface area contributed by atoms with Crippen LogP contribution in [0, 0.1) is 0 Å². The van der Waals surface area contributed by atoms with Crippen molar-refractivity contribution in [2.75, 3.05) is 25.5 Å². The Morgan fingerprint density at radius 2 is 2.03 bits per heavy atom. The summed E-state index contributed by atoms with van der Waals surface area (Å²) in [5.74, 6) is -0.0839. The first kappa shape index (κ1) is 21.4. The molecule has 1 aliphatic rings. The predicted octanol–water partition coefficient (Wildman–Crippen LogP) is 2.33. The third kappa shape index (κ3) is 5.18. The minimum Gasteiger partial charge on any atom is -0.492 e. The summed E-state index contributed by atoms with van der Waals surface area (Å²) < 4.78 is 5.60. The summed E-state index contributed by atoms with van der Waals surface area (Å²) in [5, 5.41) is 6.01. The molecule has 1 aromatic heterocycles. The molecule has 1 aliphatic heterocycles. The maximum absolute atomic E-state index is 12.5. The second-order valence-electron chi connectivity index (χ2n) is 6.80. The molecule has 0 saturated carbocycles. The van der Waals surface area contributed by atoms with Crippen molar-refractivity contribution in [2.45, 2.75) is 18.9 Å². The summed E-state index contributed by atoms with van der Waals surface area (Å²) in [5.41, 5.74) is 6.06. The molecule has 9 nitrogen and oxygen atoms in total. The number of carbonyl (C=O) groups excluding carboxylic acids is 3. The van der Waals surface area contributed by atoms with Gasteiger partial charge in [-0.2, -0.15) is 0 Å². The fourth-order valence-electron chi connectivity index (χ4n) is 3.05. The van der Waals surface area contributed by atoms with E-state index in [1.54, 1.807) is 31.3 Å². The standard InChI is InChI=1S/C20H22ClN5O4/c1-26(10-8-16(22)27)19(28)15-6-3-7-17(23-15)25-20(29)24-14-9-11-30-18-12(14)4-2-5-13(18)21/h2-7,14H,8-11H2,1H3,(H2,22,27)(H2,23,24,25,29)/t14-/m0/s1. The number of fused-ring (bicyclic) bond motifs is 1. The number of aromatic nitrogens is 1. The number of hydrogen-bond donors (Lipinski definition) is 3. The number of amides is 4. The van der Waals surface area contributed by atoms with Crippen molar-refractivity contribution < 1.29 is 19.1 Å². The summed E-state index contributed by atoms with van der Waals surface area (Å²) in [7, 11) is 1.55. The van der Waals surface area contributed by atoms with Crippen molar-refractivity contribution in [1.29, 1.82) is 0 Å². The highest BCUT2D eigenvalue weighted by molar-refractivity contribution is 6.32. The molecule has 0 bridgehead atoms. The van der Waals surface area contributed by atoms with Gasteiger partial charge in [0.25, 0.3) is 5.91 Å². The van der Waals surface area contributed by atoms with Gasteiger partial charge in [0.1, 0.15) is 17.3 Å². The van der Waals surface area contributed by atoms with Crippen LogP contribution >= 0.6 is 11.6 Å². The van der Waals surface area contributed by atoms with Gasteiger partial charge in [0.05, 0.1) is 17.7 Å². The molecule has 0 radical (unpaired) electrons. The van der Waals surface area contributed by atoms with Crippen LogP contribution in [0.4, 0.5) is 10.6 Å². The average molecular weight is 432 g/mol. The smallest absolute Gasteiger partial charge is 0.320 e. The van der Waals surface area contributed by atoms with Gasteiger partial charge in [-0.15, -0.1) is 0 Å². The van der Waals surface area contributed by atoms with Crippen molar-refractivity contribution in [1.82, 2.24) is 15.2 Å². The van der Waals surface area contributed by atoms with Crippen molar-refractivity contribution in [3.05, 3.63) is 52.7 Å². The third-order valence-electron chi connectivity index (χ3n) is 4.58. The number of benzene rings is 1. The molecule has 2 heterocycles. The van der Waals surface area contributed by atoms with E-state index in [0.29, 0.717) is 23.8 Å². The van der Waals surface area contributed by atoms with Crippen LogP contribution < -0.4 is 21.1 Å². The Balaban J connectivity index is 1.64. The van der Waals surface area contributed by atoms with Gasteiger partial charge < -0.3 is 20.7 Å². The zero-order valence-corrected chi connectivity index (χ0v) is 17.1. The fourth-order valence-corrected chi connectivity index (χ4v) is 3.28. The molecule has 30 heavy (non-hydrogen) atoms. The molecule has 0 spiro atoms. The zero-order chi connectivity index (χ0) is 21.7. The maximum atomic E-state index is 12.5. The fraction of sp³-hybridized carbons (Fsp3) is 0.300. The third-order valence-corrected chi connectivity index (χ3v) is 4.88. The van der Waals surface area contributed by atoms with E-state index in [0.717, 1.165) is 5.56 Å². The molecule has 0 fully saturated rings. The number of halogens is 1. The molecule has 4 N–H and O–H groups in total. The minimum absolute atomic E-state index is 0.0547. The highest BCUT2D eigenvalue weighted by Crippen LogP contribution is 2.37. The van der Waals surface area contributed by atoms with Gasteiger partial charge in [0.2, 0.25) is 5.91 Å². The lowest BCUT2D eigenvalue weighted by molar-refractivity contribution is -0.118. The van der Waals surface area contributed by atoms with Crippen LogP contribution in [0.1, 0.15) is 34.9 Å². The summed E-state index contributed by atoms with van der Waals surface area (Å²) >= 11 is 6.16. The number of para-hydroxylation sites is 1. The number of ether oxygens (including phenoxy) is 1. The van der Waals surface area contributed by atoms with Crippen LogP contribution in [0.15, 0.2) is 36.4 Å². The molecular formula is C20H22ClN5O4. The first-order valence-corrected chi connectivity index (χ1v) is 9.72. The van der Waals surface area contributed by atoms with Crippen LogP contribution in [0.5, 0.6) is 5.75 Å². The number of anilines is 1. The molecule has 0 saturated heterocycles. The summed E-state index contributed by atoms with van der Waals surface area (Å²) in [6.45, 7) is 0.612. The Hall–Kier alpha value is -3.33. The topological polar surface area (TPSA) is 127 Å². The molecule has 0 unspecified atom stereocenters. The number of hydrogen-bond acceptors (Lipinski definition) is 5. The lowest BCUT2D eigenvalue weighted by Gasteiger charge is -2.27. The van der Waals surface area contributed by atoms with Gasteiger partial charge in [0.15, 0.2) is 0 Å². The molecule has 158 valence electrons. The van der Waals surface area contributed by atoms with Gasteiger partial charge in [-0.1, -0.05) is 29.8 Å². The first-order chi connectivity index (χ1) is 14.3. The second kappa shape index (κ2) is 9.45. The number of carbonyl (C=O) groups is 3. The van der Waals surface area contributed by atoms with Gasteiger partial charge in [0, 0.05) is 32.0 Å². The Labute approximate surface area is 178 Å². The molecule has 4 amide bonds. The maximum Gasteiger partial charge on any atom is 0.320 e. The average Bonchev–Trinajstić information content (AvgIpc) is 2.72. The van der Waals surface area contributed by atoms with E-state index < -0.39 is 11.9 Å². The van der Waals surface area contributed by atoms with Crippen molar-refractivity contribution in [3.63, 3.8) is 0 Å². The molecular weight excluding hydrogens is 410 g/mol. The lowest BCUT2D eigenvalue weighted by atomic mass is 10.0. The van der Waals surface area contributed by atoms with Crippen molar-refractivity contribution >= 4 is 35.3 Å². The van der Waals surface area contributed by atoms with E-state index in [1.165, 1.54) is 11.0 Å². The highest BCUT2D eigenvalue weighted by atomic mass is 35.5. The molecule has 0 aliphatic carbocycles. The molecule has 2 aromatic rings. The lowest BCUT2D eigenvalue weighted by Crippen LogP contribution is -2.35. The zero-order valence-electron chi connectivity index (χ0n) is 16.4. The number of nitrogens with zero attached hydrogens (tertiary/aromatic N) is 2. The van der Waals surface area contributed by atoms with Gasteiger partial charge in [-0.25, -0.2) is 9.78 Å². The summed E-state index contributed by atoms with van der Waals surface area (Å²) in [4.78, 5) is 41.4. The number of nitrogens with two attached hydrogens (primary N) is 1. The molecule has 1 atom stereocenters. The van der Waals surface area contributed by atoms with Gasteiger partial charge >= 0.3 is 6.03 Å². The van der Waals surface area contributed by atoms with E-state index in [9.17, 15) is 14.4 Å². The SMILES string of the molecule is CN(CCC(N)=O)C(=O)c1cccc(NC(=O)N[C@H]2CCOc3c(Cl)cccc32)n1. The Kier molecular flexibility index (Phi) is 6.73. The van der Waals surface area contributed by atoms with Gasteiger partial charge in [-0.05, 0) is 18.2 Å². The van der Waals surface area contributed by atoms with Crippen LogP contribution in [0.25, 0.3) is 0 Å². The van der Waals surface area contributed by atoms with Crippen LogP contribution in [-0.2, 0) is 4.79 Å². The summed E-state index contributed by atoms with van der Waals surface area (Å²) in [6, 6.07) is 9.37. The van der Waals surface area contributed by atoms with Crippen molar-refractivity contribution in [3.8, 4) is 5.75 Å². The van der Waals surface area contributed by atoms with Crippen molar-refractivity contribution in [2.24, 2.45) is 5.73 Å². The van der Waals surface area contributed by atoms with E-state index in [2.05, 4.69) is 15.6 Å². The Morgan fingerprint density at radius 3 is 2.80 bits per heavy atom. The Bertz CT molecular complexity index is 968. The number of nitrogens with one attached hydrogen (secondary N) is 2. The largest absolute Gasteiger partial charge is 0.492 e. The second-order valence-corrected chi connectivity index (χ2v) is 7.20. The normalized spacial score (nSPS) is 14.8. The van der Waals surface area contributed by atoms with Gasteiger partial charge in [-0.3, -0.25) is 14.9 Å². The van der Waals surface area contributed by atoms with Crippen LogP contribution in [0.3, 0.4) is 0 Å². The van der Waals surface area contributed by atoms with E-state index in [1.807, 2.05) is 6.07 Å². The molecule has 10 heteroatoms. The number of urea groups is 1. The highest BCUT2D eigenvalue weighted by Gasteiger charge is 2.25. The van der Waals surface area contributed by atoms with Crippen LogP contribution in [0.2, 0.25) is 5.02 Å². The number of primary amides is 1. The first-order valence-electron chi connectivity index (χ1n) is 9.34. The number of rotatable bonds is 6. The quantitative estimate of drug-likeness (QED) is 0.646. The predicted molar refractivity (Wildman–Crippen MR) is 111 cm³/mol. The van der Waals surface area contributed by atoms with E-state index >= 15 is 0 Å². The van der Waals surface area contributed by atoms with Crippen LogP contribution in [-0.4, -0.2) is 47.9 Å².